The molecule has 3 fully saturated rings. The molecule has 0 aromatic carbocycles. The summed E-state index contributed by atoms with van der Waals surface area (Å²) in [7, 11) is -1.96. The highest BCUT2D eigenvalue weighted by atomic mass is 28.4. The summed E-state index contributed by atoms with van der Waals surface area (Å²) in [6, 6.07) is 0. The van der Waals surface area contributed by atoms with Crippen molar-refractivity contribution in [3.63, 3.8) is 0 Å². The van der Waals surface area contributed by atoms with Gasteiger partial charge in [0.1, 0.15) is 0 Å². The lowest BCUT2D eigenvalue weighted by molar-refractivity contribution is 0.0139. The van der Waals surface area contributed by atoms with Gasteiger partial charge in [-0.05, 0) is 112 Å². The van der Waals surface area contributed by atoms with E-state index in [0.717, 1.165) is 30.8 Å². The van der Waals surface area contributed by atoms with Gasteiger partial charge in [0.2, 0.25) is 0 Å². The van der Waals surface area contributed by atoms with Gasteiger partial charge >= 0.3 is 0 Å². The zero-order chi connectivity index (χ0) is 28.7. The van der Waals surface area contributed by atoms with E-state index >= 15 is 0 Å². The SMILES string of the molecule is C=C1/C(=C\C=C2/CCC[C@@]3(C)C2CCC3[C@@H](C)CCCC(C)(C)O)C[C@@](C)(O[Si](C)(C)C(C)(C)C)C[C@H]1O. The van der Waals surface area contributed by atoms with E-state index in [4.69, 9.17) is 4.43 Å². The first-order valence-electron chi connectivity index (χ1n) is 15.5. The first-order valence-corrected chi connectivity index (χ1v) is 18.4. The average Bonchev–Trinajstić information content (AvgIpc) is 3.10. The van der Waals surface area contributed by atoms with Crippen molar-refractivity contribution in [3.05, 3.63) is 35.5 Å². The fraction of sp³-hybridized carbons (Fsp3) is 0.824. The van der Waals surface area contributed by atoms with Crippen LogP contribution in [0.25, 0.3) is 0 Å². The van der Waals surface area contributed by atoms with Gasteiger partial charge in [0, 0.05) is 12.8 Å². The Hall–Kier alpha value is -0.683. The van der Waals surface area contributed by atoms with Crippen molar-refractivity contribution in [2.24, 2.45) is 23.2 Å². The Labute approximate surface area is 236 Å². The van der Waals surface area contributed by atoms with Crippen LogP contribution in [0.15, 0.2) is 35.5 Å². The van der Waals surface area contributed by atoms with Crippen molar-refractivity contribution >= 4 is 8.32 Å². The molecule has 6 atom stereocenters. The fourth-order valence-corrected chi connectivity index (χ4v) is 9.52. The molecule has 0 aromatic rings. The molecule has 0 spiro atoms. The molecule has 0 heterocycles. The van der Waals surface area contributed by atoms with Gasteiger partial charge in [-0.1, -0.05) is 71.8 Å². The zero-order valence-electron chi connectivity index (χ0n) is 26.5. The largest absolute Gasteiger partial charge is 0.411 e. The predicted octanol–water partition coefficient (Wildman–Crippen LogP) is 9.12. The number of fused-ring (bicyclic) bond motifs is 1. The molecule has 0 aliphatic heterocycles. The maximum Gasteiger partial charge on any atom is 0.192 e. The minimum Gasteiger partial charge on any atom is -0.411 e. The minimum absolute atomic E-state index is 0.137. The van der Waals surface area contributed by atoms with Crippen LogP contribution in [0, 0.1) is 23.2 Å². The van der Waals surface area contributed by atoms with Gasteiger partial charge < -0.3 is 14.6 Å². The van der Waals surface area contributed by atoms with Crippen LogP contribution in [-0.2, 0) is 4.43 Å². The molecule has 2 N–H and O–H groups in total. The molecule has 0 amide bonds. The summed E-state index contributed by atoms with van der Waals surface area (Å²) in [4.78, 5) is 0. The molecule has 218 valence electrons. The molecule has 3 aliphatic rings. The van der Waals surface area contributed by atoms with Gasteiger partial charge in [0.15, 0.2) is 8.32 Å². The normalized spacial score (nSPS) is 36.1. The molecule has 3 rings (SSSR count). The van der Waals surface area contributed by atoms with Gasteiger partial charge in [-0.25, -0.2) is 0 Å². The van der Waals surface area contributed by atoms with E-state index in [2.05, 4.69) is 73.4 Å². The van der Waals surface area contributed by atoms with Gasteiger partial charge in [0.25, 0.3) is 0 Å². The third kappa shape index (κ3) is 7.14. The maximum atomic E-state index is 11.0. The molecular weight excluding hydrogens is 484 g/mol. The lowest BCUT2D eigenvalue weighted by atomic mass is 9.60. The predicted molar refractivity (Wildman–Crippen MR) is 165 cm³/mol. The van der Waals surface area contributed by atoms with Crippen LogP contribution in [0.2, 0.25) is 18.1 Å². The molecule has 0 radical (unpaired) electrons. The molecule has 3 aliphatic carbocycles. The summed E-state index contributed by atoms with van der Waals surface area (Å²) in [6.45, 7) is 26.9. The molecule has 0 saturated heterocycles. The van der Waals surface area contributed by atoms with Gasteiger partial charge in [0.05, 0.1) is 17.3 Å². The van der Waals surface area contributed by atoms with Crippen LogP contribution >= 0.6 is 0 Å². The second-order valence-electron chi connectivity index (χ2n) is 15.9. The van der Waals surface area contributed by atoms with Gasteiger partial charge in [-0.2, -0.15) is 0 Å². The molecular formula is C34H60O3Si. The second-order valence-corrected chi connectivity index (χ2v) is 20.7. The quantitative estimate of drug-likeness (QED) is 0.300. The Kier molecular flexibility index (Phi) is 9.47. The van der Waals surface area contributed by atoms with Crippen molar-refractivity contribution in [2.75, 3.05) is 0 Å². The molecule has 2 unspecified atom stereocenters. The third-order valence-electron chi connectivity index (χ3n) is 11.0. The van der Waals surface area contributed by atoms with E-state index in [1.807, 2.05) is 13.8 Å². The second kappa shape index (κ2) is 11.3. The Morgan fingerprint density at radius 1 is 1.13 bits per heavy atom. The smallest absolute Gasteiger partial charge is 0.192 e. The van der Waals surface area contributed by atoms with Crippen LogP contribution in [0.3, 0.4) is 0 Å². The lowest BCUT2D eigenvalue weighted by Crippen LogP contribution is -2.51. The first kappa shape index (κ1) is 31.8. The van der Waals surface area contributed by atoms with E-state index in [1.54, 1.807) is 5.57 Å². The van der Waals surface area contributed by atoms with Crippen molar-refractivity contribution in [3.8, 4) is 0 Å². The van der Waals surface area contributed by atoms with Crippen LogP contribution < -0.4 is 0 Å². The van der Waals surface area contributed by atoms with Crippen molar-refractivity contribution < 1.29 is 14.6 Å². The third-order valence-corrected chi connectivity index (χ3v) is 15.6. The number of aliphatic hydroxyl groups is 2. The van der Waals surface area contributed by atoms with E-state index in [9.17, 15) is 10.2 Å². The molecule has 0 aromatic heterocycles. The molecule has 0 bridgehead atoms. The Balaban J connectivity index is 1.77. The summed E-state index contributed by atoms with van der Waals surface area (Å²) in [5.41, 5.74) is 3.11. The van der Waals surface area contributed by atoms with Gasteiger partial charge in [-0.3, -0.25) is 0 Å². The van der Waals surface area contributed by atoms with Crippen LogP contribution in [-0.4, -0.2) is 35.8 Å². The molecule has 3 saturated carbocycles. The summed E-state index contributed by atoms with van der Waals surface area (Å²) in [6.07, 6.45) is 15.2. The fourth-order valence-electron chi connectivity index (χ4n) is 7.83. The van der Waals surface area contributed by atoms with E-state index in [0.29, 0.717) is 23.7 Å². The number of aliphatic hydroxyl groups excluding tert-OH is 1. The Bertz CT molecular complexity index is 917. The number of hydrogen-bond acceptors (Lipinski definition) is 3. The molecule has 3 nitrogen and oxygen atoms in total. The summed E-state index contributed by atoms with van der Waals surface area (Å²) >= 11 is 0. The minimum atomic E-state index is -1.96. The zero-order valence-corrected chi connectivity index (χ0v) is 27.5. The van der Waals surface area contributed by atoms with E-state index in [-0.39, 0.29) is 10.6 Å². The number of allylic oxidation sites excluding steroid dienone is 3. The van der Waals surface area contributed by atoms with Crippen LogP contribution in [0.1, 0.15) is 120 Å². The topological polar surface area (TPSA) is 49.7 Å². The maximum absolute atomic E-state index is 11.0. The van der Waals surface area contributed by atoms with Crippen molar-refractivity contribution in [2.45, 2.75) is 155 Å². The summed E-state index contributed by atoms with van der Waals surface area (Å²) in [5.74, 6) is 2.12. The summed E-state index contributed by atoms with van der Waals surface area (Å²) in [5, 5.41) is 21.3. The average molecular weight is 545 g/mol. The Morgan fingerprint density at radius 3 is 2.39 bits per heavy atom. The van der Waals surface area contributed by atoms with Crippen LogP contribution in [0.5, 0.6) is 0 Å². The Morgan fingerprint density at radius 2 is 1.79 bits per heavy atom. The van der Waals surface area contributed by atoms with E-state index in [1.165, 1.54) is 44.1 Å². The number of hydrogen-bond donors (Lipinski definition) is 2. The molecule has 4 heteroatoms. The number of rotatable bonds is 8. The van der Waals surface area contributed by atoms with E-state index < -0.39 is 20.0 Å². The van der Waals surface area contributed by atoms with Crippen LogP contribution in [0.4, 0.5) is 0 Å². The summed E-state index contributed by atoms with van der Waals surface area (Å²) < 4.78 is 6.91. The highest BCUT2D eigenvalue weighted by molar-refractivity contribution is 6.74. The standard InChI is InChI=1S/C34H60O3Si/c1-24(14-12-20-32(6,7)36)28-18-19-29-26(15-13-21-34(28,29)9)16-17-27-22-33(8,23-30(35)25(27)2)37-38(10,11)31(3,4)5/h16-17,24,28-30,35-36H,2,12-15,18-23H2,1,3-11H3/b26-16+,27-17-/t24-,28?,29?,30+,33+,34+/m0/s1. The molecule has 38 heavy (non-hydrogen) atoms. The first-order chi connectivity index (χ1) is 17.3. The highest BCUT2D eigenvalue weighted by Crippen LogP contribution is 2.60. The monoisotopic (exact) mass is 544 g/mol. The lowest BCUT2D eigenvalue weighted by Gasteiger charge is -2.47. The highest BCUT2D eigenvalue weighted by Gasteiger charge is 2.50. The van der Waals surface area contributed by atoms with Gasteiger partial charge in [-0.15, -0.1) is 0 Å². The van der Waals surface area contributed by atoms with Crippen molar-refractivity contribution in [1.82, 2.24) is 0 Å². The van der Waals surface area contributed by atoms with Crippen molar-refractivity contribution in [1.29, 1.82) is 0 Å².